The lowest BCUT2D eigenvalue weighted by Crippen LogP contribution is -2.04. The van der Waals surface area contributed by atoms with E-state index in [1.807, 2.05) is 0 Å². The third kappa shape index (κ3) is 5.21. The van der Waals surface area contributed by atoms with E-state index in [0.29, 0.717) is 0 Å². The van der Waals surface area contributed by atoms with Crippen molar-refractivity contribution in [2.45, 2.75) is 52.9 Å². The second-order valence-corrected chi connectivity index (χ2v) is 7.51. The van der Waals surface area contributed by atoms with E-state index in [4.69, 9.17) is 0 Å². The van der Waals surface area contributed by atoms with Gasteiger partial charge in [-0.15, -0.1) is 0 Å². The van der Waals surface area contributed by atoms with Crippen LogP contribution in [0.25, 0.3) is 0 Å². The number of aryl methyl sites for hydroxylation is 1. The summed E-state index contributed by atoms with van der Waals surface area (Å²) in [6, 6.07) is 9.44. The van der Waals surface area contributed by atoms with E-state index in [1.165, 1.54) is 50.0 Å². The van der Waals surface area contributed by atoms with E-state index in [2.05, 4.69) is 45.0 Å². The van der Waals surface area contributed by atoms with Gasteiger partial charge in [-0.2, -0.15) is 0 Å². The van der Waals surface area contributed by atoms with Crippen LogP contribution in [0.15, 0.2) is 24.3 Å². The molecule has 0 spiro atoms. The minimum absolute atomic E-state index is 0.118. The minimum atomic E-state index is 0.118. The maximum absolute atomic E-state index is 2.37. The Balaban J connectivity index is 2.44. The summed E-state index contributed by atoms with van der Waals surface area (Å²) >= 11 is 0. The van der Waals surface area contributed by atoms with Crippen molar-refractivity contribution in [2.24, 2.45) is 0 Å². The maximum Gasteiger partial charge on any atom is -0.0240 e. The summed E-state index contributed by atoms with van der Waals surface area (Å²) in [6.45, 7) is 6.90. The van der Waals surface area contributed by atoms with Crippen molar-refractivity contribution >= 4 is 13.2 Å². The van der Waals surface area contributed by atoms with Gasteiger partial charge in [0.2, 0.25) is 0 Å². The van der Waals surface area contributed by atoms with Crippen LogP contribution in [0.2, 0.25) is 0 Å². The van der Waals surface area contributed by atoms with Gasteiger partial charge in [0.25, 0.3) is 0 Å². The van der Waals surface area contributed by atoms with Crippen molar-refractivity contribution in [1.29, 1.82) is 0 Å². The van der Waals surface area contributed by atoms with E-state index in [0.717, 1.165) is 0 Å². The zero-order valence-corrected chi connectivity index (χ0v) is 12.6. The van der Waals surface area contributed by atoms with Crippen LogP contribution in [0.4, 0.5) is 0 Å². The van der Waals surface area contributed by atoms with Crippen LogP contribution in [0.3, 0.4) is 0 Å². The summed E-state index contributed by atoms with van der Waals surface area (Å²) in [7, 11) is 0.118. The molecular formula is C16H27P. The molecule has 96 valence electrons. The molecule has 1 aromatic rings. The Bertz CT molecular complexity index is 285. The average Bonchev–Trinajstić information content (AvgIpc) is 2.38. The largest absolute Gasteiger partial charge is 0.0759 e. The fourth-order valence-corrected chi connectivity index (χ4v) is 3.97. The number of hydrogen-bond donors (Lipinski definition) is 0. The molecule has 0 radical (unpaired) electrons. The van der Waals surface area contributed by atoms with Gasteiger partial charge >= 0.3 is 0 Å². The number of hydrogen-bond acceptors (Lipinski definition) is 0. The Morgan fingerprint density at radius 1 is 0.824 bits per heavy atom. The van der Waals surface area contributed by atoms with Crippen LogP contribution in [-0.4, -0.2) is 12.3 Å². The molecule has 0 amide bonds. The third-order valence-corrected chi connectivity index (χ3v) is 5.94. The molecule has 0 aromatic heterocycles. The molecule has 0 fully saturated rings. The SMILES string of the molecule is CCCCCCc1ccc(P(CC)CC)cc1. The third-order valence-electron chi connectivity index (χ3n) is 3.38. The highest BCUT2D eigenvalue weighted by molar-refractivity contribution is 7.65. The zero-order valence-electron chi connectivity index (χ0n) is 11.7. The lowest BCUT2D eigenvalue weighted by Gasteiger charge is -2.13. The molecule has 17 heavy (non-hydrogen) atoms. The van der Waals surface area contributed by atoms with Crippen LogP contribution in [0.5, 0.6) is 0 Å². The van der Waals surface area contributed by atoms with Crippen molar-refractivity contribution in [3.8, 4) is 0 Å². The molecule has 0 unspecified atom stereocenters. The lowest BCUT2D eigenvalue weighted by atomic mass is 10.1. The Morgan fingerprint density at radius 3 is 2.00 bits per heavy atom. The first-order chi connectivity index (χ1) is 8.31. The van der Waals surface area contributed by atoms with Crippen LogP contribution >= 0.6 is 7.92 Å². The standard InChI is InChI=1S/C16H27P/c1-4-7-8-9-10-15-11-13-16(14-12-15)17(5-2)6-3/h11-14H,4-10H2,1-3H3. The van der Waals surface area contributed by atoms with Crippen molar-refractivity contribution < 1.29 is 0 Å². The molecule has 0 aliphatic heterocycles. The molecule has 0 heterocycles. The summed E-state index contributed by atoms with van der Waals surface area (Å²) in [6.07, 6.45) is 9.35. The number of benzene rings is 1. The topological polar surface area (TPSA) is 0 Å². The fourth-order valence-electron chi connectivity index (χ4n) is 2.22. The van der Waals surface area contributed by atoms with Crippen molar-refractivity contribution in [3.63, 3.8) is 0 Å². The predicted octanol–water partition coefficient (Wildman–Crippen LogP) is 4.96. The minimum Gasteiger partial charge on any atom is -0.0759 e. The van der Waals surface area contributed by atoms with Gasteiger partial charge in [0, 0.05) is 0 Å². The second-order valence-electron chi connectivity index (χ2n) is 4.65. The molecule has 0 aliphatic carbocycles. The Hall–Kier alpha value is -0.350. The van der Waals surface area contributed by atoms with Gasteiger partial charge < -0.3 is 0 Å². The first-order valence-corrected chi connectivity index (χ1v) is 8.86. The molecule has 1 aromatic carbocycles. The first kappa shape index (κ1) is 14.7. The molecular weight excluding hydrogens is 223 g/mol. The van der Waals surface area contributed by atoms with Gasteiger partial charge in [0.15, 0.2) is 0 Å². The molecule has 1 rings (SSSR count). The van der Waals surface area contributed by atoms with Gasteiger partial charge in [-0.25, -0.2) is 0 Å². The van der Waals surface area contributed by atoms with Crippen LogP contribution in [0.1, 0.15) is 52.0 Å². The van der Waals surface area contributed by atoms with E-state index in [-0.39, 0.29) is 7.92 Å². The van der Waals surface area contributed by atoms with Gasteiger partial charge in [0.05, 0.1) is 0 Å². The fraction of sp³-hybridized carbons (Fsp3) is 0.625. The van der Waals surface area contributed by atoms with Crippen LogP contribution in [-0.2, 0) is 6.42 Å². The van der Waals surface area contributed by atoms with Gasteiger partial charge in [0.1, 0.15) is 0 Å². The highest BCUT2D eigenvalue weighted by atomic mass is 31.1. The number of rotatable bonds is 8. The zero-order chi connectivity index (χ0) is 12.5. The van der Waals surface area contributed by atoms with E-state index in [9.17, 15) is 0 Å². The van der Waals surface area contributed by atoms with Gasteiger partial charge in [-0.05, 0) is 36.0 Å². The lowest BCUT2D eigenvalue weighted by molar-refractivity contribution is 0.667. The smallest absolute Gasteiger partial charge is 0.0240 e. The van der Waals surface area contributed by atoms with Crippen LogP contribution < -0.4 is 5.30 Å². The molecule has 0 saturated carbocycles. The Morgan fingerprint density at radius 2 is 1.47 bits per heavy atom. The summed E-state index contributed by atoms with van der Waals surface area (Å²) in [5, 5.41) is 1.59. The molecule has 0 atom stereocenters. The first-order valence-electron chi connectivity index (χ1n) is 7.15. The van der Waals surface area contributed by atoms with Gasteiger partial charge in [-0.3, -0.25) is 0 Å². The molecule has 1 heteroatoms. The molecule has 0 aliphatic rings. The van der Waals surface area contributed by atoms with Crippen molar-refractivity contribution in [1.82, 2.24) is 0 Å². The quantitative estimate of drug-likeness (QED) is 0.452. The normalized spacial score (nSPS) is 11.1. The summed E-state index contributed by atoms with van der Waals surface area (Å²) in [5.41, 5.74) is 1.52. The summed E-state index contributed by atoms with van der Waals surface area (Å²) < 4.78 is 0. The average molecular weight is 250 g/mol. The molecule has 0 nitrogen and oxygen atoms in total. The van der Waals surface area contributed by atoms with Crippen LogP contribution in [0, 0.1) is 0 Å². The van der Waals surface area contributed by atoms with E-state index in [1.54, 1.807) is 5.30 Å². The predicted molar refractivity (Wildman–Crippen MR) is 81.9 cm³/mol. The van der Waals surface area contributed by atoms with Crippen molar-refractivity contribution in [2.75, 3.05) is 12.3 Å². The van der Waals surface area contributed by atoms with Gasteiger partial charge in [-0.1, -0.05) is 72.2 Å². The van der Waals surface area contributed by atoms with Crippen molar-refractivity contribution in [3.05, 3.63) is 29.8 Å². The molecule has 0 N–H and O–H groups in total. The van der Waals surface area contributed by atoms with E-state index >= 15 is 0 Å². The monoisotopic (exact) mass is 250 g/mol. The maximum atomic E-state index is 2.37. The Labute approximate surface area is 109 Å². The number of unbranched alkanes of at least 4 members (excludes halogenated alkanes) is 3. The molecule has 0 bridgehead atoms. The second kappa shape index (κ2) is 8.70. The molecule has 0 saturated heterocycles. The highest BCUT2D eigenvalue weighted by Crippen LogP contribution is 2.32. The highest BCUT2D eigenvalue weighted by Gasteiger charge is 2.05. The Kier molecular flexibility index (Phi) is 7.53. The summed E-state index contributed by atoms with van der Waals surface area (Å²) in [4.78, 5) is 0. The van der Waals surface area contributed by atoms with E-state index < -0.39 is 0 Å². The summed E-state index contributed by atoms with van der Waals surface area (Å²) in [5.74, 6) is 0.